The Balaban J connectivity index is 1.93. The van der Waals surface area contributed by atoms with E-state index in [1.54, 1.807) is 0 Å². The summed E-state index contributed by atoms with van der Waals surface area (Å²) in [7, 11) is 0. The molecule has 2 aromatic rings. The first-order chi connectivity index (χ1) is 9.22. The Hall–Kier alpha value is -1.94. The maximum Gasteiger partial charge on any atom is 0.254 e. The van der Waals surface area contributed by atoms with Gasteiger partial charge in [-0.05, 0) is 18.9 Å². The van der Waals surface area contributed by atoms with Gasteiger partial charge in [0.1, 0.15) is 5.82 Å². The summed E-state index contributed by atoms with van der Waals surface area (Å²) in [5, 5.41) is 3.34. The molecule has 3 rings (SSSR count). The van der Waals surface area contributed by atoms with Gasteiger partial charge in [-0.15, -0.1) is 0 Å². The number of rotatable bonds is 2. The molecule has 4 nitrogen and oxygen atoms in total. The van der Waals surface area contributed by atoms with Gasteiger partial charge in [-0.1, -0.05) is 30.3 Å². The molecule has 0 saturated carbocycles. The van der Waals surface area contributed by atoms with E-state index in [2.05, 4.69) is 22.2 Å². The molecule has 19 heavy (non-hydrogen) atoms. The highest BCUT2D eigenvalue weighted by molar-refractivity contribution is 5.24. The van der Waals surface area contributed by atoms with E-state index in [-0.39, 0.29) is 5.56 Å². The van der Waals surface area contributed by atoms with E-state index < -0.39 is 0 Å². The van der Waals surface area contributed by atoms with Gasteiger partial charge in [0.05, 0.1) is 5.69 Å². The van der Waals surface area contributed by atoms with E-state index in [0.717, 1.165) is 29.1 Å². The van der Waals surface area contributed by atoms with Crippen molar-refractivity contribution in [1.82, 2.24) is 15.3 Å². The average Bonchev–Trinajstić information content (AvgIpc) is 2.41. The number of fused-ring (bicyclic) bond motifs is 1. The Morgan fingerprint density at radius 3 is 2.89 bits per heavy atom. The fourth-order valence-electron chi connectivity index (χ4n) is 2.47. The van der Waals surface area contributed by atoms with Gasteiger partial charge in [-0.25, -0.2) is 4.98 Å². The molecular formula is C15H17N3O. The van der Waals surface area contributed by atoms with Gasteiger partial charge in [0.15, 0.2) is 0 Å². The molecule has 0 saturated heterocycles. The van der Waals surface area contributed by atoms with Crippen LogP contribution in [0.1, 0.15) is 29.6 Å². The van der Waals surface area contributed by atoms with E-state index in [0.29, 0.717) is 19.0 Å². The van der Waals surface area contributed by atoms with Crippen LogP contribution in [0.15, 0.2) is 35.1 Å². The number of H-pyrrole nitrogens is 1. The first kappa shape index (κ1) is 12.1. The van der Waals surface area contributed by atoms with Crippen LogP contribution in [0.2, 0.25) is 0 Å². The van der Waals surface area contributed by atoms with Gasteiger partial charge in [0.2, 0.25) is 0 Å². The van der Waals surface area contributed by atoms with E-state index in [1.165, 1.54) is 0 Å². The molecule has 0 bridgehead atoms. The third-order valence-corrected chi connectivity index (χ3v) is 3.49. The first-order valence-electron chi connectivity index (χ1n) is 6.60. The third kappa shape index (κ3) is 2.58. The number of hydrogen-bond donors (Lipinski definition) is 2. The molecule has 0 amide bonds. The molecule has 1 aliphatic rings. The predicted molar refractivity (Wildman–Crippen MR) is 74.1 cm³/mol. The molecule has 1 unspecified atom stereocenters. The van der Waals surface area contributed by atoms with Crippen LogP contribution >= 0.6 is 0 Å². The highest BCUT2D eigenvalue weighted by Gasteiger charge is 2.19. The van der Waals surface area contributed by atoms with Gasteiger partial charge < -0.3 is 10.3 Å². The Bertz CT molecular complexity index is 634. The number of benzene rings is 1. The highest BCUT2D eigenvalue weighted by atomic mass is 16.1. The van der Waals surface area contributed by atoms with E-state index in [1.807, 2.05) is 30.3 Å². The third-order valence-electron chi connectivity index (χ3n) is 3.49. The van der Waals surface area contributed by atoms with Crippen LogP contribution in [0.3, 0.4) is 0 Å². The molecule has 4 heteroatoms. The molecule has 1 atom stereocenters. The maximum atomic E-state index is 12.1. The molecule has 1 aliphatic heterocycles. The van der Waals surface area contributed by atoms with Crippen LogP contribution in [-0.2, 0) is 19.4 Å². The SMILES string of the molecule is CC1Cc2c(nc(Cc3ccccc3)[nH]c2=O)CN1. The summed E-state index contributed by atoms with van der Waals surface area (Å²) >= 11 is 0. The summed E-state index contributed by atoms with van der Waals surface area (Å²) in [6.45, 7) is 2.77. The molecule has 0 spiro atoms. The number of aromatic nitrogens is 2. The normalized spacial score (nSPS) is 18.1. The fourth-order valence-corrected chi connectivity index (χ4v) is 2.47. The lowest BCUT2D eigenvalue weighted by molar-refractivity contribution is 0.498. The Labute approximate surface area is 111 Å². The van der Waals surface area contributed by atoms with Gasteiger partial charge >= 0.3 is 0 Å². The lowest BCUT2D eigenvalue weighted by atomic mass is 10.0. The largest absolute Gasteiger partial charge is 0.310 e. The van der Waals surface area contributed by atoms with Crippen LogP contribution < -0.4 is 10.9 Å². The average molecular weight is 255 g/mol. The van der Waals surface area contributed by atoms with Crippen LogP contribution in [0.25, 0.3) is 0 Å². The summed E-state index contributed by atoms with van der Waals surface area (Å²) in [5.74, 6) is 0.742. The van der Waals surface area contributed by atoms with E-state index in [4.69, 9.17) is 0 Å². The van der Waals surface area contributed by atoms with Crippen LogP contribution in [0, 0.1) is 0 Å². The second kappa shape index (κ2) is 4.97. The fraction of sp³-hybridized carbons (Fsp3) is 0.333. The van der Waals surface area contributed by atoms with E-state index >= 15 is 0 Å². The lowest BCUT2D eigenvalue weighted by Gasteiger charge is -2.21. The topological polar surface area (TPSA) is 57.8 Å². The van der Waals surface area contributed by atoms with Gasteiger partial charge in [-0.2, -0.15) is 0 Å². The molecule has 2 N–H and O–H groups in total. The standard InChI is InChI=1S/C15H17N3O/c1-10-7-12-13(9-16-10)17-14(18-15(12)19)8-11-5-3-2-4-6-11/h2-6,10,16H,7-9H2,1H3,(H,17,18,19). The molecule has 1 aromatic heterocycles. The Morgan fingerprint density at radius 2 is 2.11 bits per heavy atom. The lowest BCUT2D eigenvalue weighted by Crippen LogP contribution is -2.38. The monoisotopic (exact) mass is 255 g/mol. The zero-order chi connectivity index (χ0) is 13.2. The van der Waals surface area contributed by atoms with Crippen molar-refractivity contribution < 1.29 is 0 Å². The molecule has 2 heterocycles. The minimum atomic E-state index is 0.0179. The summed E-state index contributed by atoms with van der Waals surface area (Å²) in [6, 6.07) is 10.4. The van der Waals surface area contributed by atoms with Gasteiger partial charge in [-0.3, -0.25) is 4.79 Å². The Morgan fingerprint density at radius 1 is 1.32 bits per heavy atom. The number of nitrogens with one attached hydrogen (secondary N) is 2. The van der Waals surface area contributed by atoms with Crippen molar-refractivity contribution in [3.05, 3.63) is 63.3 Å². The van der Waals surface area contributed by atoms with Crippen LogP contribution in [-0.4, -0.2) is 16.0 Å². The van der Waals surface area contributed by atoms with Crippen molar-refractivity contribution in [2.45, 2.75) is 32.4 Å². The van der Waals surface area contributed by atoms with Gasteiger partial charge in [0, 0.05) is 24.6 Å². The van der Waals surface area contributed by atoms with Crippen molar-refractivity contribution in [1.29, 1.82) is 0 Å². The molecule has 0 aliphatic carbocycles. The van der Waals surface area contributed by atoms with Gasteiger partial charge in [0.25, 0.3) is 5.56 Å². The summed E-state index contributed by atoms with van der Waals surface area (Å²) < 4.78 is 0. The predicted octanol–water partition coefficient (Wildman–Crippen LogP) is 1.39. The number of nitrogens with zero attached hydrogens (tertiary/aromatic N) is 1. The first-order valence-corrected chi connectivity index (χ1v) is 6.60. The van der Waals surface area contributed by atoms with Crippen molar-refractivity contribution >= 4 is 0 Å². The number of aromatic amines is 1. The van der Waals surface area contributed by atoms with Crippen LogP contribution in [0.4, 0.5) is 0 Å². The van der Waals surface area contributed by atoms with Crippen LogP contribution in [0.5, 0.6) is 0 Å². The van der Waals surface area contributed by atoms with E-state index in [9.17, 15) is 4.79 Å². The summed E-state index contributed by atoms with van der Waals surface area (Å²) in [6.07, 6.45) is 1.42. The molecular weight excluding hydrogens is 238 g/mol. The second-order valence-electron chi connectivity index (χ2n) is 5.09. The molecule has 0 radical (unpaired) electrons. The zero-order valence-electron chi connectivity index (χ0n) is 10.9. The number of hydrogen-bond acceptors (Lipinski definition) is 3. The van der Waals surface area contributed by atoms with Crippen molar-refractivity contribution in [3.63, 3.8) is 0 Å². The molecule has 0 fully saturated rings. The maximum absolute atomic E-state index is 12.1. The minimum absolute atomic E-state index is 0.0179. The summed E-state index contributed by atoms with van der Waals surface area (Å²) in [4.78, 5) is 19.6. The second-order valence-corrected chi connectivity index (χ2v) is 5.09. The van der Waals surface area contributed by atoms with Crippen molar-refractivity contribution in [2.24, 2.45) is 0 Å². The molecule has 1 aromatic carbocycles. The quantitative estimate of drug-likeness (QED) is 0.852. The highest BCUT2D eigenvalue weighted by Crippen LogP contribution is 2.12. The van der Waals surface area contributed by atoms with Crippen molar-refractivity contribution in [2.75, 3.05) is 0 Å². The van der Waals surface area contributed by atoms with Crippen molar-refractivity contribution in [3.8, 4) is 0 Å². The summed E-state index contributed by atoms with van der Waals surface area (Å²) in [5.41, 5.74) is 2.91. The zero-order valence-corrected chi connectivity index (χ0v) is 10.9. The minimum Gasteiger partial charge on any atom is -0.310 e. The smallest absolute Gasteiger partial charge is 0.254 e. The Kier molecular flexibility index (Phi) is 3.17. The molecule has 98 valence electrons.